The molecule has 3 heteroatoms. The van der Waals surface area contributed by atoms with Crippen LogP contribution in [0, 0.1) is 0 Å². The van der Waals surface area contributed by atoms with Crippen molar-refractivity contribution in [1.82, 2.24) is 0 Å². The van der Waals surface area contributed by atoms with Crippen LogP contribution in [-0.2, 0) is 12.8 Å². The molecule has 0 N–H and O–H groups in total. The van der Waals surface area contributed by atoms with E-state index < -0.39 is 0 Å². The van der Waals surface area contributed by atoms with Crippen molar-refractivity contribution < 1.29 is 0 Å². The Morgan fingerprint density at radius 1 is 0.677 bits per heavy atom. The van der Waals surface area contributed by atoms with Gasteiger partial charge < -0.3 is 0 Å². The second-order valence-electron chi connectivity index (χ2n) is 8.80. The van der Waals surface area contributed by atoms with Crippen LogP contribution in [-0.4, -0.2) is 6.21 Å². The van der Waals surface area contributed by atoms with E-state index in [-0.39, 0.29) is 0 Å². The van der Waals surface area contributed by atoms with Gasteiger partial charge in [0.15, 0.2) is 0 Å². The molecule has 0 saturated carbocycles. The van der Waals surface area contributed by atoms with E-state index in [1.54, 1.807) is 11.9 Å². The molecule has 1 aliphatic heterocycles. The van der Waals surface area contributed by atoms with Crippen LogP contribution < -0.4 is 4.41 Å². The highest BCUT2D eigenvalue weighted by Crippen LogP contribution is 2.38. The third-order valence-corrected chi connectivity index (χ3v) is 7.25. The number of anilines is 1. The Kier molecular flexibility index (Phi) is 10.5. The highest BCUT2D eigenvalue weighted by Gasteiger charge is 2.21. The first-order valence-electron chi connectivity index (χ1n) is 12.5. The summed E-state index contributed by atoms with van der Waals surface area (Å²) in [4.78, 5) is 0. The van der Waals surface area contributed by atoms with Gasteiger partial charge >= 0.3 is 0 Å². The van der Waals surface area contributed by atoms with Crippen LogP contribution in [0.4, 0.5) is 5.69 Å². The number of nitrogens with zero attached hydrogens (tertiary/aromatic N) is 2. The number of hydrogen-bond donors (Lipinski definition) is 0. The number of hydrogen-bond acceptors (Lipinski definition) is 3. The molecule has 1 unspecified atom stereocenters. The standard InChI is InChI=1S/C28H40N2S/c1-3-5-7-9-10-12-14-24-15-19-26(20-16-24)28-23-29-30(31-28)27-21-17-25(18-22-27)13-11-8-6-4-2/h15-23,28H,3-14H2,1-2H3. The Morgan fingerprint density at radius 2 is 1.19 bits per heavy atom. The second kappa shape index (κ2) is 13.6. The van der Waals surface area contributed by atoms with Gasteiger partial charge in [-0.15, -0.1) is 0 Å². The largest absolute Gasteiger partial charge is 0.206 e. The lowest BCUT2D eigenvalue weighted by atomic mass is 10.0. The maximum absolute atomic E-state index is 4.66. The number of aryl methyl sites for hydroxylation is 2. The van der Waals surface area contributed by atoms with E-state index in [1.807, 2.05) is 0 Å². The first-order chi connectivity index (χ1) is 15.3. The quantitative estimate of drug-likeness (QED) is 0.217. The summed E-state index contributed by atoms with van der Waals surface area (Å²) in [6.45, 7) is 4.54. The van der Waals surface area contributed by atoms with Crippen molar-refractivity contribution in [3.63, 3.8) is 0 Å². The van der Waals surface area contributed by atoms with Crippen molar-refractivity contribution in [2.45, 2.75) is 96.1 Å². The molecule has 0 spiro atoms. The van der Waals surface area contributed by atoms with Crippen LogP contribution in [0.25, 0.3) is 0 Å². The van der Waals surface area contributed by atoms with E-state index >= 15 is 0 Å². The minimum absolute atomic E-state index is 0.303. The van der Waals surface area contributed by atoms with Crippen LogP contribution in [0.2, 0.25) is 0 Å². The van der Waals surface area contributed by atoms with Crippen molar-refractivity contribution in [2.75, 3.05) is 4.41 Å². The molecule has 2 aromatic carbocycles. The van der Waals surface area contributed by atoms with Gasteiger partial charge in [0.2, 0.25) is 0 Å². The van der Waals surface area contributed by atoms with Crippen molar-refractivity contribution in [3.05, 3.63) is 65.2 Å². The van der Waals surface area contributed by atoms with E-state index in [1.165, 1.54) is 99.4 Å². The predicted molar refractivity (Wildman–Crippen MR) is 139 cm³/mol. The van der Waals surface area contributed by atoms with E-state index in [2.05, 4.69) is 78.1 Å². The molecule has 0 saturated heterocycles. The lowest BCUT2D eigenvalue weighted by Crippen LogP contribution is -2.02. The van der Waals surface area contributed by atoms with Gasteiger partial charge in [-0.3, -0.25) is 0 Å². The molecule has 2 aromatic rings. The minimum atomic E-state index is 0.303. The Hall–Kier alpha value is -1.74. The van der Waals surface area contributed by atoms with Crippen LogP contribution in [0.15, 0.2) is 53.6 Å². The van der Waals surface area contributed by atoms with Crippen molar-refractivity contribution in [1.29, 1.82) is 0 Å². The third-order valence-electron chi connectivity index (χ3n) is 6.12. The zero-order chi connectivity index (χ0) is 21.7. The van der Waals surface area contributed by atoms with E-state index in [0.717, 1.165) is 0 Å². The van der Waals surface area contributed by atoms with Crippen molar-refractivity contribution in [3.8, 4) is 0 Å². The molecule has 168 valence electrons. The van der Waals surface area contributed by atoms with E-state index in [0.29, 0.717) is 5.25 Å². The van der Waals surface area contributed by atoms with Gasteiger partial charge in [0.25, 0.3) is 0 Å². The normalized spacial score (nSPS) is 15.7. The first kappa shape index (κ1) is 23.9. The molecule has 0 aromatic heterocycles. The highest BCUT2D eigenvalue weighted by molar-refractivity contribution is 8.01. The van der Waals surface area contributed by atoms with Gasteiger partial charge in [-0.05, 0) is 66.5 Å². The first-order valence-corrected chi connectivity index (χ1v) is 13.3. The molecular weight excluding hydrogens is 396 g/mol. The molecular formula is C28H40N2S. The number of benzene rings is 2. The lowest BCUT2D eigenvalue weighted by Gasteiger charge is -2.15. The summed E-state index contributed by atoms with van der Waals surface area (Å²) in [6.07, 6.45) is 17.9. The molecule has 0 radical (unpaired) electrons. The topological polar surface area (TPSA) is 15.6 Å². The summed E-state index contributed by atoms with van der Waals surface area (Å²) in [5.41, 5.74) is 5.41. The fourth-order valence-corrected chi connectivity index (χ4v) is 5.04. The second-order valence-corrected chi connectivity index (χ2v) is 9.86. The Morgan fingerprint density at radius 3 is 1.81 bits per heavy atom. The van der Waals surface area contributed by atoms with Crippen molar-refractivity contribution in [2.24, 2.45) is 5.10 Å². The van der Waals surface area contributed by atoms with Gasteiger partial charge in [0.05, 0.1) is 10.9 Å². The smallest absolute Gasteiger partial charge is 0.0887 e. The molecule has 0 aliphatic carbocycles. The summed E-state index contributed by atoms with van der Waals surface area (Å²) in [5.74, 6) is 0. The van der Waals surface area contributed by atoms with E-state index in [4.69, 9.17) is 0 Å². The summed E-state index contributed by atoms with van der Waals surface area (Å²) < 4.78 is 2.07. The Balaban J connectivity index is 1.42. The third kappa shape index (κ3) is 8.03. The van der Waals surface area contributed by atoms with Gasteiger partial charge in [0, 0.05) is 6.21 Å². The van der Waals surface area contributed by atoms with Gasteiger partial charge in [-0.25, -0.2) is 4.41 Å². The highest BCUT2D eigenvalue weighted by atomic mass is 32.2. The molecule has 0 bridgehead atoms. The van der Waals surface area contributed by atoms with Gasteiger partial charge in [-0.2, -0.15) is 5.10 Å². The van der Waals surface area contributed by atoms with Crippen LogP contribution in [0.5, 0.6) is 0 Å². The maximum atomic E-state index is 4.66. The molecule has 31 heavy (non-hydrogen) atoms. The van der Waals surface area contributed by atoms with Crippen LogP contribution in [0.3, 0.4) is 0 Å². The molecule has 1 aliphatic rings. The fraction of sp³-hybridized carbons (Fsp3) is 0.536. The molecule has 2 nitrogen and oxygen atoms in total. The Bertz CT molecular complexity index is 767. The monoisotopic (exact) mass is 436 g/mol. The van der Waals surface area contributed by atoms with Gasteiger partial charge in [0.1, 0.15) is 0 Å². The lowest BCUT2D eigenvalue weighted by molar-refractivity contribution is 0.607. The summed E-state index contributed by atoms with van der Waals surface area (Å²) >= 11 is 1.79. The molecule has 3 rings (SSSR count). The summed E-state index contributed by atoms with van der Waals surface area (Å²) in [7, 11) is 0. The molecule has 0 amide bonds. The number of unbranched alkanes of at least 4 members (excludes halogenated alkanes) is 8. The number of rotatable bonds is 14. The van der Waals surface area contributed by atoms with Gasteiger partial charge in [-0.1, -0.05) is 102 Å². The Labute approximate surface area is 194 Å². The molecule has 1 heterocycles. The zero-order valence-corrected chi connectivity index (χ0v) is 20.4. The summed E-state index contributed by atoms with van der Waals surface area (Å²) in [6, 6.07) is 18.2. The minimum Gasteiger partial charge on any atom is -0.206 e. The van der Waals surface area contributed by atoms with E-state index in [9.17, 15) is 0 Å². The van der Waals surface area contributed by atoms with Crippen molar-refractivity contribution >= 4 is 23.8 Å². The van der Waals surface area contributed by atoms with Crippen LogP contribution >= 0.6 is 11.9 Å². The van der Waals surface area contributed by atoms with Crippen LogP contribution in [0.1, 0.15) is 100.0 Å². The average molecular weight is 437 g/mol. The molecule has 1 atom stereocenters. The average Bonchev–Trinajstić information content (AvgIpc) is 3.30. The SMILES string of the molecule is CCCCCCCCc1ccc(C2C=NN(c3ccc(CCCCCC)cc3)S2)cc1. The number of hydrazone groups is 1. The zero-order valence-electron chi connectivity index (χ0n) is 19.6. The molecule has 0 fully saturated rings. The summed E-state index contributed by atoms with van der Waals surface area (Å²) in [5, 5.41) is 4.96. The fourth-order valence-electron chi connectivity index (χ4n) is 4.09. The predicted octanol–water partition coefficient (Wildman–Crippen LogP) is 8.91. The maximum Gasteiger partial charge on any atom is 0.0887 e.